The number of rotatable bonds is 19. The first-order valence-electron chi connectivity index (χ1n) is 15.2. The summed E-state index contributed by atoms with van der Waals surface area (Å²) >= 11 is 0. The molecule has 0 saturated carbocycles. The number of benzene rings is 2. The van der Waals surface area contributed by atoms with Gasteiger partial charge in [-0.25, -0.2) is 9.59 Å². The summed E-state index contributed by atoms with van der Waals surface area (Å²) in [5.74, 6) is -2.65. The van der Waals surface area contributed by atoms with Gasteiger partial charge in [-0.2, -0.15) is 0 Å². The van der Waals surface area contributed by atoms with E-state index in [4.69, 9.17) is 15.2 Å². The van der Waals surface area contributed by atoms with Gasteiger partial charge in [0, 0.05) is 49.5 Å². The largest absolute Gasteiger partial charge is 0.514 e. The number of carbonyl (C=O) groups excluding carboxylic acids is 6. The van der Waals surface area contributed by atoms with Gasteiger partial charge in [-0.05, 0) is 55.0 Å². The van der Waals surface area contributed by atoms with Gasteiger partial charge in [-0.1, -0.05) is 26.0 Å². The van der Waals surface area contributed by atoms with Gasteiger partial charge in [0.05, 0.1) is 18.1 Å². The zero-order chi connectivity index (χ0) is 35.6. The SMILES string of the molecule is COC(=O)CCCC(=O)N[C@H](C(=O)C[C@@H](CCCNC(N)=O)C(=O)Nc1ccc(COC(=O)Oc2ccc([N+](=O)[O-])cc2)cc1)C(C)C. The van der Waals surface area contributed by atoms with Crippen LogP contribution in [-0.4, -0.2) is 60.4 Å². The van der Waals surface area contributed by atoms with Crippen molar-refractivity contribution >= 4 is 47.1 Å². The Morgan fingerprint density at radius 2 is 1.60 bits per heavy atom. The van der Waals surface area contributed by atoms with Crippen molar-refractivity contribution in [3.05, 3.63) is 64.2 Å². The Hall–Kier alpha value is -5.54. The van der Waals surface area contributed by atoms with Crippen LogP contribution in [0.1, 0.15) is 57.9 Å². The summed E-state index contributed by atoms with van der Waals surface area (Å²) in [6.45, 7) is 3.57. The molecule has 16 nitrogen and oxygen atoms in total. The molecule has 0 aliphatic rings. The van der Waals surface area contributed by atoms with Crippen LogP contribution >= 0.6 is 0 Å². The predicted molar refractivity (Wildman–Crippen MR) is 172 cm³/mol. The number of amides is 4. The van der Waals surface area contributed by atoms with Crippen LogP contribution in [0.5, 0.6) is 5.75 Å². The molecule has 0 heterocycles. The Morgan fingerprint density at radius 1 is 0.938 bits per heavy atom. The second kappa shape index (κ2) is 19.9. The number of Topliss-reactive ketones (excluding diaryl/α,β-unsaturated/α-hetero) is 1. The molecular formula is C32H41N5O11. The summed E-state index contributed by atoms with van der Waals surface area (Å²) in [6, 6.07) is 9.70. The summed E-state index contributed by atoms with van der Waals surface area (Å²) in [7, 11) is 1.26. The molecule has 0 spiro atoms. The number of ether oxygens (including phenoxy) is 3. The average Bonchev–Trinajstić information content (AvgIpc) is 3.04. The third kappa shape index (κ3) is 14.3. The number of hydrogen-bond acceptors (Lipinski definition) is 11. The van der Waals surface area contributed by atoms with Gasteiger partial charge in [0.2, 0.25) is 11.8 Å². The van der Waals surface area contributed by atoms with Crippen molar-refractivity contribution in [3.8, 4) is 5.75 Å². The lowest BCUT2D eigenvalue weighted by Gasteiger charge is -2.24. The Labute approximate surface area is 277 Å². The number of urea groups is 1. The lowest BCUT2D eigenvalue weighted by atomic mass is 9.89. The summed E-state index contributed by atoms with van der Waals surface area (Å²) in [5.41, 5.74) is 5.94. The molecular weight excluding hydrogens is 630 g/mol. The first-order chi connectivity index (χ1) is 22.8. The zero-order valence-electron chi connectivity index (χ0n) is 27.0. The minimum Gasteiger partial charge on any atom is -0.469 e. The van der Waals surface area contributed by atoms with Crippen LogP contribution in [0.4, 0.5) is 21.0 Å². The standard InChI is InChI=1S/C32H41N5O11/c1-20(2)29(36-27(39)7-4-8-28(40)46-3)26(38)18-22(6-5-17-34-31(33)42)30(41)35-23-11-9-21(10-12-23)19-47-32(43)48-25-15-13-24(14-16-25)37(44)45/h9-16,20,22,29H,4-8,17-19H2,1-3H3,(H,35,41)(H,36,39)(H3,33,34,42)/t22-,29+/m1/s1. The number of hydrogen-bond donors (Lipinski definition) is 4. The number of carbonyl (C=O) groups is 6. The maximum atomic E-state index is 13.3. The summed E-state index contributed by atoms with van der Waals surface area (Å²) in [4.78, 5) is 83.8. The number of nitro benzene ring substituents is 1. The monoisotopic (exact) mass is 671 g/mol. The highest BCUT2D eigenvalue weighted by Gasteiger charge is 2.29. The van der Waals surface area contributed by atoms with Crippen molar-refractivity contribution in [2.45, 2.75) is 65.0 Å². The predicted octanol–water partition coefficient (Wildman–Crippen LogP) is 3.76. The third-order valence-corrected chi connectivity index (χ3v) is 7.02. The van der Waals surface area contributed by atoms with Crippen molar-refractivity contribution in [1.29, 1.82) is 0 Å². The normalized spacial score (nSPS) is 11.8. The van der Waals surface area contributed by atoms with Crippen molar-refractivity contribution in [2.24, 2.45) is 17.6 Å². The fraction of sp³-hybridized carbons (Fsp3) is 0.438. The molecule has 48 heavy (non-hydrogen) atoms. The Kier molecular flexibility index (Phi) is 16.0. The molecule has 0 aliphatic carbocycles. The molecule has 0 saturated heterocycles. The second-order valence-corrected chi connectivity index (χ2v) is 11.1. The van der Waals surface area contributed by atoms with E-state index in [9.17, 15) is 38.9 Å². The van der Waals surface area contributed by atoms with E-state index < -0.39 is 46.9 Å². The van der Waals surface area contributed by atoms with E-state index in [2.05, 4.69) is 20.7 Å². The highest BCUT2D eigenvalue weighted by atomic mass is 16.7. The van der Waals surface area contributed by atoms with Gasteiger partial charge in [0.15, 0.2) is 5.78 Å². The van der Waals surface area contributed by atoms with Crippen LogP contribution in [0, 0.1) is 22.0 Å². The molecule has 4 amide bonds. The van der Waals surface area contributed by atoms with Crippen LogP contribution in [0.25, 0.3) is 0 Å². The van der Waals surface area contributed by atoms with E-state index in [1.807, 2.05) is 0 Å². The first-order valence-corrected chi connectivity index (χ1v) is 15.2. The highest BCUT2D eigenvalue weighted by Crippen LogP contribution is 2.21. The van der Waals surface area contributed by atoms with E-state index in [1.54, 1.807) is 38.1 Å². The Balaban J connectivity index is 1.99. The van der Waals surface area contributed by atoms with Crippen LogP contribution < -0.4 is 26.4 Å². The van der Waals surface area contributed by atoms with Crippen molar-refractivity contribution < 1.29 is 47.9 Å². The smallest absolute Gasteiger partial charge is 0.469 e. The Morgan fingerprint density at radius 3 is 2.19 bits per heavy atom. The molecule has 0 aliphatic heterocycles. The van der Waals surface area contributed by atoms with Gasteiger partial charge in [0.25, 0.3) is 5.69 Å². The minimum absolute atomic E-state index is 0.0241. The fourth-order valence-electron chi connectivity index (χ4n) is 4.45. The number of nitrogens with one attached hydrogen (secondary N) is 3. The molecule has 260 valence electrons. The first kappa shape index (κ1) is 38.6. The number of anilines is 1. The lowest BCUT2D eigenvalue weighted by Crippen LogP contribution is -2.45. The number of ketones is 1. The fourth-order valence-corrected chi connectivity index (χ4v) is 4.45. The molecule has 0 fully saturated rings. The van der Waals surface area contributed by atoms with E-state index >= 15 is 0 Å². The second-order valence-electron chi connectivity index (χ2n) is 11.1. The minimum atomic E-state index is -1.02. The van der Waals surface area contributed by atoms with Gasteiger partial charge < -0.3 is 35.9 Å². The molecule has 2 rings (SSSR count). The molecule has 0 bridgehead atoms. The summed E-state index contributed by atoms with van der Waals surface area (Å²) in [6.07, 6.45) is -0.266. The van der Waals surface area contributed by atoms with Crippen LogP contribution in [0.2, 0.25) is 0 Å². The highest BCUT2D eigenvalue weighted by molar-refractivity contribution is 5.97. The van der Waals surface area contributed by atoms with E-state index in [-0.39, 0.29) is 68.4 Å². The van der Waals surface area contributed by atoms with E-state index in [0.717, 1.165) is 0 Å². The van der Waals surface area contributed by atoms with Gasteiger partial charge >= 0.3 is 18.2 Å². The number of nitrogens with two attached hydrogens (primary N) is 1. The molecule has 5 N–H and O–H groups in total. The summed E-state index contributed by atoms with van der Waals surface area (Å²) in [5, 5.41) is 18.7. The number of nitro groups is 1. The van der Waals surface area contributed by atoms with Crippen LogP contribution in [0.3, 0.4) is 0 Å². The van der Waals surface area contributed by atoms with E-state index in [1.165, 1.54) is 31.4 Å². The molecule has 0 aromatic heterocycles. The number of nitrogens with zero attached hydrogens (tertiary/aromatic N) is 1. The van der Waals surface area contributed by atoms with E-state index in [0.29, 0.717) is 17.7 Å². The molecule has 0 radical (unpaired) electrons. The molecule has 16 heteroatoms. The average molecular weight is 672 g/mol. The number of esters is 1. The van der Waals surface area contributed by atoms with Crippen molar-refractivity contribution in [3.63, 3.8) is 0 Å². The topological polar surface area (TPSA) is 235 Å². The van der Waals surface area contributed by atoms with Crippen LogP contribution in [0.15, 0.2) is 48.5 Å². The maximum absolute atomic E-state index is 13.3. The quantitative estimate of drug-likeness (QED) is 0.0551. The Bertz CT molecular complexity index is 1430. The lowest BCUT2D eigenvalue weighted by molar-refractivity contribution is -0.384. The van der Waals surface area contributed by atoms with Crippen molar-refractivity contribution in [1.82, 2.24) is 10.6 Å². The van der Waals surface area contributed by atoms with Gasteiger partial charge in [-0.3, -0.25) is 29.3 Å². The third-order valence-electron chi connectivity index (χ3n) is 7.02. The molecule has 2 aromatic rings. The van der Waals surface area contributed by atoms with Crippen LogP contribution in [-0.2, 0) is 35.3 Å². The van der Waals surface area contributed by atoms with Crippen molar-refractivity contribution in [2.75, 3.05) is 19.0 Å². The maximum Gasteiger partial charge on any atom is 0.514 e. The number of methoxy groups -OCH3 is 1. The molecule has 2 atom stereocenters. The van der Waals surface area contributed by atoms with Gasteiger partial charge in [-0.15, -0.1) is 0 Å². The number of non-ortho nitro benzene ring substituents is 1. The number of primary amides is 1. The summed E-state index contributed by atoms with van der Waals surface area (Å²) < 4.78 is 14.7. The molecule has 2 aromatic carbocycles. The van der Waals surface area contributed by atoms with Gasteiger partial charge in [0.1, 0.15) is 12.4 Å². The molecule has 0 unspecified atom stereocenters. The zero-order valence-corrected chi connectivity index (χ0v) is 27.0.